The summed E-state index contributed by atoms with van der Waals surface area (Å²) in [5, 5.41) is 18.8. The van der Waals surface area contributed by atoms with E-state index in [1.165, 1.54) is 0 Å². The fourth-order valence-corrected chi connectivity index (χ4v) is 1.66. The van der Waals surface area contributed by atoms with Crippen LogP contribution in [0, 0.1) is 6.92 Å². The number of hydrogen-bond donors (Lipinski definition) is 3. The van der Waals surface area contributed by atoms with E-state index in [2.05, 4.69) is 25.5 Å². The number of rotatable bonds is 5. The Hall–Kier alpha value is -2.15. The lowest BCUT2D eigenvalue weighted by atomic mass is 10.2. The molecule has 0 aromatic carbocycles. The van der Waals surface area contributed by atoms with Crippen molar-refractivity contribution in [3.05, 3.63) is 34.5 Å². The van der Waals surface area contributed by atoms with Gasteiger partial charge in [0.05, 0.1) is 11.9 Å². The standard InChI is InChI=1S/C11H12ClN5O2/c1-6-8(12)9(17-10(16-6)11(18)19)13-3-2-7-4-14-15-5-7/h4-5H,2-3H2,1H3,(H,14,15)(H,18,19)(H,13,16,17). The quantitative estimate of drug-likeness (QED) is 0.767. The molecule has 0 aliphatic carbocycles. The number of hydrogen-bond acceptors (Lipinski definition) is 5. The molecule has 0 saturated carbocycles. The molecule has 0 amide bonds. The van der Waals surface area contributed by atoms with Crippen molar-refractivity contribution in [3.63, 3.8) is 0 Å². The number of aromatic amines is 1. The third-order valence-corrected chi connectivity index (χ3v) is 2.92. The van der Waals surface area contributed by atoms with Gasteiger partial charge in [0.25, 0.3) is 0 Å². The Bertz CT molecular complexity index is 585. The van der Waals surface area contributed by atoms with E-state index in [0.29, 0.717) is 23.1 Å². The Balaban J connectivity index is 2.08. The predicted octanol–water partition coefficient (Wildman–Crippen LogP) is 1.51. The first-order chi connectivity index (χ1) is 9.08. The van der Waals surface area contributed by atoms with Gasteiger partial charge in [0, 0.05) is 12.7 Å². The summed E-state index contributed by atoms with van der Waals surface area (Å²) in [4.78, 5) is 18.5. The smallest absolute Gasteiger partial charge is 0.374 e. The van der Waals surface area contributed by atoms with Gasteiger partial charge in [-0.05, 0) is 18.9 Å². The lowest BCUT2D eigenvalue weighted by molar-refractivity contribution is 0.0683. The minimum atomic E-state index is -1.18. The molecule has 0 saturated heterocycles. The number of nitrogens with zero attached hydrogens (tertiary/aromatic N) is 3. The molecule has 0 radical (unpaired) electrons. The average molecular weight is 282 g/mol. The van der Waals surface area contributed by atoms with Gasteiger partial charge in [-0.2, -0.15) is 5.10 Å². The van der Waals surface area contributed by atoms with Crippen LogP contribution in [0.4, 0.5) is 5.82 Å². The normalized spacial score (nSPS) is 10.4. The Labute approximate surface area is 114 Å². The van der Waals surface area contributed by atoms with Crippen LogP contribution in [-0.4, -0.2) is 37.8 Å². The van der Waals surface area contributed by atoms with Gasteiger partial charge < -0.3 is 10.4 Å². The maximum atomic E-state index is 10.9. The van der Waals surface area contributed by atoms with E-state index in [1.54, 1.807) is 19.3 Å². The molecule has 19 heavy (non-hydrogen) atoms. The molecule has 0 unspecified atom stereocenters. The summed E-state index contributed by atoms with van der Waals surface area (Å²) in [7, 11) is 0. The summed E-state index contributed by atoms with van der Waals surface area (Å²) in [6.45, 7) is 2.20. The zero-order chi connectivity index (χ0) is 13.8. The Morgan fingerprint density at radius 1 is 1.53 bits per heavy atom. The lowest BCUT2D eigenvalue weighted by Gasteiger charge is -2.09. The van der Waals surface area contributed by atoms with Crippen molar-refractivity contribution in [2.45, 2.75) is 13.3 Å². The largest absolute Gasteiger partial charge is 0.475 e. The van der Waals surface area contributed by atoms with Crippen molar-refractivity contribution in [1.82, 2.24) is 20.2 Å². The Morgan fingerprint density at radius 3 is 2.95 bits per heavy atom. The summed E-state index contributed by atoms with van der Waals surface area (Å²) >= 11 is 6.03. The van der Waals surface area contributed by atoms with Gasteiger partial charge in [0.2, 0.25) is 5.82 Å². The molecule has 2 aromatic rings. The molecule has 7 nitrogen and oxygen atoms in total. The lowest BCUT2D eigenvalue weighted by Crippen LogP contribution is -2.12. The molecule has 0 bridgehead atoms. The van der Waals surface area contributed by atoms with Crippen LogP contribution in [0.25, 0.3) is 0 Å². The van der Waals surface area contributed by atoms with Crippen molar-refractivity contribution in [2.24, 2.45) is 0 Å². The Kier molecular flexibility index (Phi) is 3.96. The molecule has 2 rings (SSSR count). The third-order valence-electron chi connectivity index (χ3n) is 2.47. The Morgan fingerprint density at radius 2 is 2.32 bits per heavy atom. The molecular weight excluding hydrogens is 270 g/mol. The predicted molar refractivity (Wildman–Crippen MR) is 69.5 cm³/mol. The van der Waals surface area contributed by atoms with Crippen LogP contribution in [-0.2, 0) is 6.42 Å². The van der Waals surface area contributed by atoms with Crippen LogP contribution in [0.5, 0.6) is 0 Å². The average Bonchev–Trinajstić information content (AvgIpc) is 2.87. The second-order valence-corrected chi connectivity index (χ2v) is 4.26. The van der Waals surface area contributed by atoms with Gasteiger partial charge in [-0.3, -0.25) is 5.10 Å². The van der Waals surface area contributed by atoms with E-state index >= 15 is 0 Å². The monoisotopic (exact) mass is 281 g/mol. The minimum Gasteiger partial charge on any atom is -0.475 e. The highest BCUT2D eigenvalue weighted by Crippen LogP contribution is 2.22. The number of carbonyl (C=O) groups is 1. The van der Waals surface area contributed by atoms with E-state index in [-0.39, 0.29) is 5.82 Å². The fourth-order valence-electron chi connectivity index (χ4n) is 1.51. The minimum absolute atomic E-state index is 0.271. The van der Waals surface area contributed by atoms with E-state index < -0.39 is 5.97 Å². The number of carboxylic acid groups (broad SMARTS) is 1. The van der Waals surface area contributed by atoms with Crippen LogP contribution in [0.15, 0.2) is 12.4 Å². The second kappa shape index (κ2) is 5.66. The molecule has 0 fully saturated rings. The van der Waals surface area contributed by atoms with Gasteiger partial charge in [0.15, 0.2) is 0 Å². The van der Waals surface area contributed by atoms with Crippen molar-refractivity contribution in [3.8, 4) is 0 Å². The molecule has 0 aliphatic rings. The van der Waals surface area contributed by atoms with Crippen molar-refractivity contribution < 1.29 is 9.90 Å². The van der Waals surface area contributed by atoms with E-state index in [4.69, 9.17) is 16.7 Å². The van der Waals surface area contributed by atoms with Gasteiger partial charge in [-0.1, -0.05) is 11.6 Å². The van der Waals surface area contributed by atoms with E-state index in [0.717, 1.165) is 12.0 Å². The number of halogens is 1. The number of carboxylic acids is 1. The molecule has 2 aromatic heterocycles. The maximum Gasteiger partial charge on any atom is 0.374 e. The topological polar surface area (TPSA) is 104 Å². The van der Waals surface area contributed by atoms with Crippen molar-refractivity contribution in [1.29, 1.82) is 0 Å². The second-order valence-electron chi connectivity index (χ2n) is 3.88. The van der Waals surface area contributed by atoms with E-state index in [9.17, 15) is 4.79 Å². The summed E-state index contributed by atoms with van der Waals surface area (Å²) in [6, 6.07) is 0. The van der Waals surface area contributed by atoms with Gasteiger partial charge in [-0.25, -0.2) is 14.8 Å². The molecule has 0 spiro atoms. The zero-order valence-corrected chi connectivity index (χ0v) is 10.9. The van der Waals surface area contributed by atoms with Gasteiger partial charge in [-0.15, -0.1) is 0 Å². The van der Waals surface area contributed by atoms with Crippen molar-refractivity contribution in [2.75, 3.05) is 11.9 Å². The zero-order valence-electron chi connectivity index (χ0n) is 10.1. The van der Waals surface area contributed by atoms with Crippen molar-refractivity contribution >= 4 is 23.4 Å². The number of nitrogens with one attached hydrogen (secondary N) is 2. The van der Waals surface area contributed by atoms with Crippen LogP contribution < -0.4 is 5.32 Å². The first kappa shape index (κ1) is 13.3. The molecule has 100 valence electrons. The summed E-state index contributed by atoms with van der Waals surface area (Å²) in [5.41, 5.74) is 1.47. The molecular formula is C11H12ClN5O2. The number of anilines is 1. The van der Waals surface area contributed by atoms with Gasteiger partial charge in [0.1, 0.15) is 10.8 Å². The summed E-state index contributed by atoms with van der Waals surface area (Å²) in [5.74, 6) is -1.12. The fraction of sp³-hybridized carbons (Fsp3) is 0.273. The van der Waals surface area contributed by atoms with Crippen LogP contribution >= 0.6 is 11.6 Å². The molecule has 3 N–H and O–H groups in total. The number of aryl methyl sites for hydroxylation is 1. The number of aromatic carboxylic acids is 1. The van der Waals surface area contributed by atoms with Crippen LogP contribution in [0.1, 0.15) is 21.9 Å². The van der Waals surface area contributed by atoms with E-state index in [1.807, 2.05) is 0 Å². The van der Waals surface area contributed by atoms with Crippen LogP contribution in [0.3, 0.4) is 0 Å². The molecule has 0 aliphatic heterocycles. The molecule has 8 heteroatoms. The molecule has 0 atom stereocenters. The highest BCUT2D eigenvalue weighted by molar-refractivity contribution is 6.33. The molecule has 2 heterocycles. The maximum absolute atomic E-state index is 10.9. The summed E-state index contributed by atoms with van der Waals surface area (Å²) in [6.07, 6.45) is 4.23. The first-order valence-corrected chi connectivity index (χ1v) is 5.94. The van der Waals surface area contributed by atoms with Gasteiger partial charge >= 0.3 is 5.97 Å². The highest BCUT2D eigenvalue weighted by atomic mass is 35.5. The number of H-pyrrole nitrogens is 1. The SMILES string of the molecule is Cc1nc(C(=O)O)nc(NCCc2cn[nH]c2)c1Cl. The van der Waals surface area contributed by atoms with Crippen LogP contribution in [0.2, 0.25) is 5.02 Å². The first-order valence-electron chi connectivity index (χ1n) is 5.57. The highest BCUT2D eigenvalue weighted by Gasteiger charge is 2.14. The number of aromatic nitrogens is 4. The summed E-state index contributed by atoms with van der Waals surface area (Å²) < 4.78 is 0. The third kappa shape index (κ3) is 3.19.